The maximum absolute atomic E-state index is 13.4. The molecule has 148 valence electrons. The van der Waals surface area contributed by atoms with E-state index in [9.17, 15) is 9.18 Å². The van der Waals surface area contributed by atoms with Crippen LogP contribution in [0.4, 0.5) is 4.39 Å². The van der Waals surface area contributed by atoms with Crippen molar-refractivity contribution in [3.8, 4) is 11.3 Å². The Labute approximate surface area is 177 Å². The highest BCUT2D eigenvalue weighted by Crippen LogP contribution is 2.45. The van der Waals surface area contributed by atoms with E-state index in [-0.39, 0.29) is 11.7 Å². The maximum atomic E-state index is 13.4. The molecule has 4 nitrogen and oxygen atoms in total. The van der Waals surface area contributed by atoms with Crippen molar-refractivity contribution in [2.45, 2.75) is 12.6 Å². The first-order chi connectivity index (χ1) is 14.6. The molecule has 2 heterocycles. The van der Waals surface area contributed by atoms with E-state index in [1.54, 1.807) is 17.0 Å². The summed E-state index contributed by atoms with van der Waals surface area (Å²) in [6.45, 7) is 0.325. The summed E-state index contributed by atoms with van der Waals surface area (Å²) < 4.78 is 13.4. The molecule has 6 heteroatoms. The number of H-pyrrole nitrogens is 1. The van der Waals surface area contributed by atoms with Gasteiger partial charge in [-0.15, -0.1) is 0 Å². The molecule has 1 aliphatic rings. The van der Waals surface area contributed by atoms with Crippen LogP contribution >= 0.6 is 11.6 Å². The summed E-state index contributed by atoms with van der Waals surface area (Å²) in [6, 6.07) is 23.0. The minimum absolute atomic E-state index is 0.158. The molecule has 30 heavy (non-hydrogen) atoms. The molecule has 1 aliphatic heterocycles. The molecule has 1 atom stereocenters. The number of nitrogens with zero attached hydrogens (tertiary/aromatic N) is 2. The van der Waals surface area contributed by atoms with Crippen molar-refractivity contribution in [2.24, 2.45) is 0 Å². The fraction of sp³-hybridized carbons (Fsp3) is 0.0833. The fourth-order valence-electron chi connectivity index (χ4n) is 3.98. The van der Waals surface area contributed by atoms with E-state index in [2.05, 4.69) is 10.2 Å². The maximum Gasteiger partial charge on any atom is 0.273 e. The van der Waals surface area contributed by atoms with Crippen LogP contribution in [0.25, 0.3) is 11.3 Å². The predicted octanol–water partition coefficient (Wildman–Crippen LogP) is 5.61. The fourth-order valence-corrected chi connectivity index (χ4v) is 4.22. The number of nitrogens with one attached hydrogen (secondary N) is 1. The van der Waals surface area contributed by atoms with Crippen LogP contribution in [0.2, 0.25) is 5.02 Å². The summed E-state index contributed by atoms with van der Waals surface area (Å²) in [7, 11) is 0. The van der Waals surface area contributed by atoms with Gasteiger partial charge in [-0.1, -0.05) is 72.3 Å². The Morgan fingerprint density at radius 3 is 2.40 bits per heavy atom. The zero-order valence-electron chi connectivity index (χ0n) is 15.8. The van der Waals surface area contributed by atoms with E-state index in [1.807, 2.05) is 54.6 Å². The molecule has 0 aliphatic carbocycles. The van der Waals surface area contributed by atoms with Gasteiger partial charge in [0.15, 0.2) is 0 Å². The summed E-state index contributed by atoms with van der Waals surface area (Å²) in [5.41, 5.74) is 4.57. The molecule has 1 aromatic heterocycles. The van der Waals surface area contributed by atoms with Crippen LogP contribution in [0.3, 0.4) is 0 Å². The van der Waals surface area contributed by atoms with Gasteiger partial charge in [0.2, 0.25) is 0 Å². The summed E-state index contributed by atoms with van der Waals surface area (Å²) in [5.74, 6) is -0.469. The van der Waals surface area contributed by atoms with Crippen molar-refractivity contribution >= 4 is 17.5 Å². The molecule has 3 aromatic carbocycles. The van der Waals surface area contributed by atoms with Crippen LogP contribution in [0.1, 0.15) is 33.2 Å². The third-order valence-electron chi connectivity index (χ3n) is 5.38. The molecule has 0 radical (unpaired) electrons. The zero-order valence-corrected chi connectivity index (χ0v) is 16.6. The zero-order chi connectivity index (χ0) is 20.7. The normalized spacial score (nSPS) is 15.5. The van der Waals surface area contributed by atoms with E-state index in [0.717, 1.165) is 27.9 Å². The van der Waals surface area contributed by atoms with Gasteiger partial charge in [0, 0.05) is 22.7 Å². The van der Waals surface area contributed by atoms with Crippen molar-refractivity contribution in [1.29, 1.82) is 0 Å². The largest absolute Gasteiger partial charge is 0.322 e. The van der Waals surface area contributed by atoms with Crippen LogP contribution in [0, 0.1) is 5.82 Å². The second kappa shape index (κ2) is 7.43. The number of hydrogen-bond acceptors (Lipinski definition) is 2. The van der Waals surface area contributed by atoms with Crippen LogP contribution in [0.5, 0.6) is 0 Å². The van der Waals surface area contributed by atoms with Crippen molar-refractivity contribution in [3.63, 3.8) is 0 Å². The Morgan fingerprint density at radius 2 is 1.67 bits per heavy atom. The molecular weight excluding hydrogens is 401 g/mol. The molecule has 4 aromatic rings. The van der Waals surface area contributed by atoms with E-state index in [0.29, 0.717) is 17.3 Å². The molecule has 0 saturated carbocycles. The van der Waals surface area contributed by atoms with E-state index in [4.69, 9.17) is 11.6 Å². The summed E-state index contributed by atoms with van der Waals surface area (Å²) in [4.78, 5) is 15.1. The second-order valence-electron chi connectivity index (χ2n) is 7.21. The monoisotopic (exact) mass is 417 g/mol. The number of aromatic nitrogens is 2. The highest BCUT2D eigenvalue weighted by molar-refractivity contribution is 6.31. The van der Waals surface area contributed by atoms with Crippen LogP contribution in [0.15, 0.2) is 78.9 Å². The third kappa shape index (κ3) is 3.08. The Morgan fingerprint density at radius 1 is 0.967 bits per heavy atom. The van der Waals surface area contributed by atoms with Gasteiger partial charge in [0.05, 0.1) is 11.7 Å². The average Bonchev–Trinajstić information content (AvgIpc) is 3.31. The van der Waals surface area contributed by atoms with Gasteiger partial charge < -0.3 is 4.90 Å². The van der Waals surface area contributed by atoms with Gasteiger partial charge in [-0.25, -0.2) is 4.39 Å². The van der Waals surface area contributed by atoms with E-state index in [1.165, 1.54) is 12.1 Å². The molecular formula is C24H17ClFN3O. The predicted molar refractivity (Wildman–Crippen MR) is 114 cm³/mol. The van der Waals surface area contributed by atoms with Gasteiger partial charge >= 0.3 is 0 Å². The average molecular weight is 418 g/mol. The number of carbonyl (C=O) groups excluding carboxylic acids is 1. The minimum atomic E-state index is -0.403. The van der Waals surface area contributed by atoms with Gasteiger partial charge in [-0.2, -0.15) is 5.10 Å². The lowest BCUT2D eigenvalue weighted by Crippen LogP contribution is -2.29. The van der Waals surface area contributed by atoms with Crippen LogP contribution < -0.4 is 0 Å². The lowest BCUT2D eigenvalue weighted by Gasteiger charge is -2.27. The summed E-state index contributed by atoms with van der Waals surface area (Å²) >= 11 is 6.55. The standard InChI is InChI=1S/C24H17ClFN3O/c25-19-9-5-4-8-18(19)23-20-21(16-6-2-1-3-7-16)27-28-22(20)24(30)29(23)14-15-10-12-17(26)13-11-15/h1-13,23H,14H2,(H,27,28). The van der Waals surface area contributed by atoms with Gasteiger partial charge in [-0.05, 0) is 29.3 Å². The van der Waals surface area contributed by atoms with Crippen molar-refractivity contribution < 1.29 is 9.18 Å². The smallest absolute Gasteiger partial charge is 0.273 e. The number of rotatable bonds is 4. The van der Waals surface area contributed by atoms with Crippen molar-refractivity contribution in [1.82, 2.24) is 15.1 Å². The number of fused-ring (bicyclic) bond motifs is 1. The van der Waals surface area contributed by atoms with E-state index >= 15 is 0 Å². The second-order valence-corrected chi connectivity index (χ2v) is 7.62. The molecule has 0 bridgehead atoms. The molecule has 0 spiro atoms. The Hall–Kier alpha value is -3.44. The summed E-state index contributed by atoms with van der Waals surface area (Å²) in [5, 5.41) is 7.96. The van der Waals surface area contributed by atoms with E-state index < -0.39 is 6.04 Å². The Balaban J connectivity index is 1.66. The van der Waals surface area contributed by atoms with Crippen LogP contribution in [-0.2, 0) is 6.54 Å². The third-order valence-corrected chi connectivity index (χ3v) is 5.72. The minimum Gasteiger partial charge on any atom is -0.322 e. The van der Waals surface area contributed by atoms with Gasteiger partial charge in [-0.3, -0.25) is 9.89 Å². The highest BCUT2D eigenvalue weighted by atomic mass is 35.5. The SMILES string of the molecule is O=C1c2[nH]nc(-c3ccccc3)c2C(c2ccccc2Cl)N1Cc1ccc(F)cc1. The first kappa shape index (κ1) is 18.6. The Bertz CT molecular complexity index is 1220. The van der Waals surface area contributed by atoms with Crippen molar-refractivity contribution in [2.75, 3.05) is 0 Å². The summed E-state index contributed by atoms with van der Waals surface area (Å²) in [6.07, 6.45) is 0. The quantitative estimate of drug-likeness (QED) is 0.469. The molecule has 1 amide bonds. The number of aromatic amines is 1. The van der Waals surface area contributed by atoms with Crippen molar-refractivity contribution in [3.05, 3.63) is 112 Å². The highest BCUT2D eigenvalue weighted by Gasteiger charge is 2.42. The Kier molecular flexibility index (Phi) is 4.60. The number of amides is 1. The number of halogens is 2. The topological polar surface area (TPSA) is 49.0 Å². The lowest BCUT2D eigenvalue weighted by molar-refractivity contribution is 0.0730. The first-order valence-electron chi connectivity index (χ1n) is 9.57. The molecule has 1 N–H and O–H groups in total. The van der Waals surface area contributed by atoms with Crippen LogP contribution in [-0.4, -0.2) is 21.0 Å². The molecule has 5 rings (SSSR count). The number of hydrogen-bond donors (Lipinski definition) is 1. The number of benzene rings is 3. The first-order valence-corrected chi connectivity index (χ1v) is 9.95. The lowest BCUT2D eigenvalue weighted by atomic mass is 9.96. The molecule has 0 saturated heterocycles. The number of carbonyl (C=O) groups is 1. The van der Waals surface area contributed by atoms with Gasteiger partial charge in [0.1, 0.15) is 11.5 Å². The molecule has 1 unspecified atom stereocenters. The van der Waals surface area contributed by atoms with Gasteiger partial charge in [0.25, 0.3) is 5.91 Å². The molecule has 0 fully saturated rings.